The molecule has 150 valence electrons. The number of hydrogen-bond donors (Lipinski definition) is 3. The van der Waals surface area contributed by atoms with E-state index in [9.17, 15) is 14.3 Å². The Bertz CT molecular complexity index is 833. The summed E-state index contributed by atoms with van der Waals surface area (Å²) in [6.45, 7) is 0.724. The summed E-state index contributed by atoms with van der Waals surface area (Å²) in [7, 11) is -1.22. The minimum Gasteiger partial charge on any atom is -0.497 e. The van der Waals surface area contributed by atoms with Gasteiger partial charge in [0, 0.05) is 6.54 Å². The van der Waals surface area contributed by atoms with Crippen molar-refractivity contribution in [1.82, 2.24) is 5.32 Å². The molecule has 2 unspecified atom stereocenters. The molecule has 0 spiro atoms. The van der Waals surface area contributed by atoms with Gasteiger partial charge in [-0.2, -0.15) is 0 Å². The molecular weight excluding hydrogens is 381 g/mol. The fraction of sp³-hybridized carbons (Fsp3) is 0.350. The van der Waals surface area contributed by atoms with Crippen LogP contribution < -0.4 is 10.1 Å². The van der Waals surface area contributed by atoms with Crippen LogP contribution in [0, 0.1) is 0 Å². The number of carbonyl (C=O) groups is 1. The highest BCUT2D eigenvalue weighted by Crippen LogP contribution is 2.33. The molecule has 1 fully saturated rings. The minimum atomic E-state index is -2.81. The van der Waals surface area contributed by atoms with Crippen molar-refractivity contribution >= 4 is 14.0 Å². The van der Waals surface area contributed by atoms with E-state index in [1.807, 2.05) is 30.3 Å². The van der Waals surface area contributed by atoms with Crippen molar-refractivity contribution in [2.75, 3.05) is 20.3 Å². The van der Waals surface area contributed by atoms with Crippen LogP contribution in [0.5, 0.6) is 5.75 Å². The molecule has 8 heteroatoms. The zero-order chi connectivity index (χ0) is 20.1. The summed E-state index contributed by atoms with van der Waals surface area (Å²) in [5.74, 6) is -0.242. The Morgan fingerprint density at radius 1 is 1.32 bits per heavy atom. The van der Waals surface area contributed by atoms with Crippen molar-refractivity contribution in [2.24, 2.45) is 0 Å². The molecule has 0 saturated carbocycles. The summed E-state index contributed by atoms with van der Waals surface area (Å²) in [5.41, 5.74) is 1.48. The molecule has 0 aromatic heterocycles. The Labute approximate surface area is 164 Å². The maximum Gasteiger partial charge on any atom is 0.335 e. The van der Waals surface area contributed by atoms with Crippen molar-refractivity contribution in [1.29, 1.82) is 0 Å². The van der Waals surface area contributed by atoms with E-state index in [0.29, 0.717) is 19.6 Å². The number of methoxy groups -OCH3 is 1. The first kappa shape index (κ1) is 20.6. The van der Waals surface area contributed by atoms with Gasteiger partial charge in [0.15, 0.2) is 8.03 Å². The number of hydrogen-bond acceptors (Lipinski definition) is 5. The summed E-state index contributed by atoms with van der Waals surface area (Å²) < 4.78 is 23.0. The molecule has 7 nitrogen and oxygen atoms in total. The Kier molecular flexibility index (Phi) is 6.86. The summed E-state index contributed by atoms with van der Waals surface area (Å²) in [5, 5.41) is 12.5. The van der Waals surface area contributed by atoms with Gasteiger partial charge in [-0.1, -0.05) is 24.3 Å². The lowest BCUT2D eigenvalue weighted by Crippen LogP contribution is -2.46. The molecule has 4 atom stereocenters. The van der Waals surface area contributed by atoms with Crippen LogP contribution in [-0.4, -0.2) is 48.0 Å². The number of carboxylic acid groups (broad SMARTS) is 1. The third kappa shape index (κ3) is 5.00. The molecule has 2 aromatic rings. The van der Waals surface area contributed by atoms with Crippen LogP contribution in [0.4, 0.5) is 0 Å². The van der Waals surface area contributed by atoms with Crippen molar-refractivity contribution < 1.29 is 28.8 Å². The number of carboxylic acids is 1. The van der Waals surface area contributed by atoms with Gasteiger partial charge in [0.2, 0.25) is 0 Å². The lowest BCUT2D eigenvalue weighted by Gasteiger charge is -2.34. The zero-order valence-electron chi connectivity index (χ0n) is 15.5. The standard InChI is InChI=1S/C20H24NO6P/c1-26-16-7-5-13(6-8-16)9-19(28(24)25)18-11-21-17(12-27-18)14-3-2-4-15(10-14)20(22)23/h2-8,10,17-19,21,28H,9,11-12H2,1H3,(H,22,23)(H,24,25)/t17-,18+,19?/m0/s1. The summed E-state index contributed by atoms with van der Waals surface area (Å²) >= 11 is 0. The molecule has 0 amide bonds. The monoisotopic (exact) mass is 405 g/mol. The van der Waals surface area contributed by atoms with E-state index < -0.39 is 25.8 Å². The molecule has 1 aliphatic rings. The van der Waals surface area contributed by atoms with Gasteiger partial charge in [0.05, 0.1) is 37.1 Å². The smallest absolute Gasteiger partial charge is 0.335 e. The number of nitrogens with one attached hydrogen (secondary N) is 1. The normalized spacial score (nSPS) is 21.6. The Morgan fingerprint density at radius 3 is 2.64 bits per heavy atom. The highest BCUT2D eigenvalue weighted by atomic mass is 31.1. The number of morpholine rings is 1. The van der Waals surface area contributed by atoms with Gasteiger partial charge in [-0.15, -0.1) is 0 Å². The van der Waals surface area contributed by atoms with Crippen LogP contribution in [0.1, 0.15) is 27.5 Å². The predicted molar refractivity (Wildman–Crippen MR) is 106 cm³/mol. The molecule has 0 bridgehead atoms. The first-order valence-electron chi connectivity index (χ1n) is 9.02. The lowest BCUT2D eigenvalue weighted by molar-refractivity contribution is 0.000664. The summed E-state index contributed by atoms with van der Waals surface area (Å²) in [4.78, 5) is 21.0. The number of ether oxygens (including phenoxy) is 2. The van der Waals surface area contributed by atoms with Crippen molar-refractivity contribution in [2.45, 2.75) is 24.2 Å². The van der Waals surface area contributed by atoms with Gasteiger partial charge in [-0.05, 0) is 41.8 Å². The Balaban J connectivity index is 1.64. The SMILES string of the molecule is COc1ccc(CC([C@H]2CN[C@H](c3cccc(C(=O)O)c3)CO2)[PH](=O)O)cc1. The second kappa shape index (κ2) is 9.34. The highest BCUT2D eigenvalue weighted by molar-refractivity contribution is 7.39. The van der Waals surface area contributed by atoms with Crippen LogP contribution >= 0.6 is 8.03 Å². The van der Waals surface area contributed by atoms with Crippen molar-refractivity contribution in [3.8, 4) is 5.75 Å². The second-order valence-corrected chi connectivity index (χ2v) is 8.18. The zero-order valence-corrected chi connectivity index (χ0v) is 16.5. The van der Waals surface area contributed by atoms with Gasteiger partial charge in [0.1, 0.15) is 5.75 Å². The van der Waals surface area contributed by atoms with E-state index in [4.69, 9.17) is 14.6 Å². The average molecular weight is 405 g/mol. The van der Waals surface area contributed by atoms with Crippen molar-refractivity contribution in [3.05, 3.63) is 65.2 Å². The average Bonchev–Trinajstić information content (AvgIpc) is 2.72. The lowest BCUT2D eigenvalue weighted by atomic mass is 10.0. The second-order valence-electron chi connectivity index (χ2n) is 6.76. The molecule has 1 saturated heterocycles. The molecule has 3 N–H and O–H groups in total. The van der Waals surface area contributed by atoms with Gasteiger partial charge >= 0.3 is 5.97 Å². The topological polar surface area (TPSA) is 105 Å². The van der Waals surface area contributed by atoms with E-state index in [2.05, 4.69) is 5.32 Å². The van der Waals surface area contributed by atoms with E-state index in [-0.39, 0.29) is 11.6 Å². The Hall–Kier alpha value is -2.18. The van der Waals surface area contributed by atoms with Crippen LogP contribution in [0.15, 0.2) is 48.5 Å². The molecule has 0 radical (unpaired) electrons. The third-order valence-electron chi connectivity index (χ3n) is 4.96. The molecular formula is C20H24NO6P. The number of benzene rings is 2. The van der Waals surface area contributed by atoms with Crippen molar-refractivity contribution in [3.63, 3.8) is 0 Å². The quantitative estimate of drug-likeness (QED) is 0.608. The van der Waals surface area contributed by atoms with E-state index in [1.165, 1.54) is 0 Å². The van der Waals surface area contributed by atoms with E-state index in [0.717, 1.165) is 16.9 Å². The minimum absolute atomic E-state index is 0.154. The maximum atomic E-state index is 12.0. The molecule has 1 heterocycles. The molecule has 0 aliphatic carbocycles. The fourth-order valence-corrected chi connectivity index (χ4v) is 4.29. The van der Waals surface area contributed by atoms with Gasteiger partial charge < -0.3 is 24.8 Å². The first-order chi connectivity index (χ1) is 13.5. The van der Waals surface area contributed by atoms with Gasteiger partial charge in [0.25, 0.3) is 0 Å². The summed E-state index contributed by atoms with van der Waals surface area (Å²) in [6.07, 6.45) is 0.0430. The fourth-order valence-electron chi connectivity index (χ4n) is 3.35. The van der Waals surface area contributed by atoms with E-state index >= 15 is 0 Å². The molecule has 3 rings (SSSR count). The Morgan fingerprint density at radius 2 is 2.07 bits per heavy atom. The maximum absolute atomic E-state index is 12.0. The van der Waals surface area contributed by atoms with E-state index in [1.54, 1.807) is 25.3 Å². The predicted octanol–water partition coefficient (Wildman–Crippen LogP) is 2.50. The number of rotatable bonds is 7. The summed E-state index contributed by atoms with van der Waals surface area (Å²) in [6, 6.07) is 14.0. The van der Waals surface area contributed by atoms with Crippen LogP contribution in [-0.2, 0) is 15.7 Å². The van der Waals surface area contributed by atoms with Crippen LogP contribution in [0.25, 0.3) is 0 Å². The van der Waals surface area contributed by atoms with Gasteiger partial charge in [-0.25, -0.2) is 4.79 Å². The third-order valence-corrected chi connectivity index (χ3v) is 6.17. The highest BCUT2D eigenvalue weighted by Gasteiger charge is 2.32. The molecule has 2 aromatic carbocycles. The van der Waals surface area contributed by atoms with Crippen LogP contribution in [0.3, 0.4) is 0 Å². The molecule has 1 aliphatic heterocycles. The molecule has 28 heavy (non-hydrogen) atoms. The largest absolute Gasteiger partial charge is 0.497 e. The first-order valence-corrected chi connectivity index (χ1v) is 10.4. The number of aromatic carboxylic acids is 1. The van der Waals surface area contributed by atoms with Gasteiger partial charge in [-0.3, -0.25) is 4.57 Å². The van der Waals surface area contributed by atoms with Crippen LogP contribution in [0.2, 0.25) is 0 Å².